The molecule has 49 heavy (non-hydrogen) atoms. The van der Waals surface area contributed by atoms with Crippen molar-refractivity contribution in [1.29, 1.82) is 0 Å². The number of ether oxygens (including phenoxy) is 2. The zero-order valence-electron chi connectivity index (χ0n) is 28.2. The first-order valence-corrected chi connectivity index (χ1v) is 17.2. The Morgan fingerprint density at radius 2 is 1.92 bits per heavy atom. The molecule has 0 saturated carbocycles. The molecule has 0 aliphatic carbocycles. The first-order chi connectivity index (χ1) is 23.6. The van der Waals surface area contributed by atoms with Crippen molar-refractivity contribution >= 4 is 27.3 Å². The van der Waals surface area contributed by atoms with E-state index in [-0.39, 0.29) is 42.5 Å². The number of pyridine rings is 2. The van der Waals surface area contributed by atoms with E-state index in [0.29, 0.717) is 35.2 Å². The summed E-state index contributed by atoms with van der Waals surface area (Å²) in [4.78, 5) is 27.0. The number of benzene rings is 1. The number of hydrogen-bond donors (Lipinski definition) is 0. The lowest BCUT2D eigenvalue weighted by molar-refractivity contribution is -0.129. The fraction of sp³-hybridized carbons (Fsp3) is 0.351. The molecule has 0 saturated heterocycles. The van der Waals surface area contributed by atoms with Crippen molar-refractivity contribution in [1.82, 2.24) is 29.5 Å². The summed E-state index contributed by atoms with van der Waals surface area (Å²) in [6.07, 6.45) is 4.04. The molecular formula is C37H38F2N6O3S. The van der Waals surface area contributed by atoms with E-state index in [1.54, 1.807) is 4.90 Å². The lowest BCUT2D eigenvalue weighted by Gasteiger charge is -2.36. The number of carbonyl (C=O) groups excluding carboxylic acids is 1. The van der Waals surface area contributed by atoms with Crippen LogP contribution in [0.25, 0.3) is 43.9 Å². The standard InChI is InChI=1S/C37H38F2N6O3S/c1-7-32(46)44-18-21(3)45-30(22(44)4)16-29(42-45)36-34(33-27(39)14-25(38)15-31(33)48-10-9-47-6)37-26(8-11-49-37)35(41-36)23-13-24-19-43(5)20(2)12-28(24)40-17-23/h7-8,11,13-17,20-22H,1,9-10,12,18-19H2,2-6H3/t20-,21-,22+/m0/s1. The molecule has 0 radical (unpaired) electrons. The number of amides is 1. The lowest BCUT2D eigenvalue weighted by Crippen LogP contribution is -2.42. The minimum atomic E-state index is -0.779. The maximum Gasteiger partial charge on any atom is 0.246 e. The zero-order chi connectivity index (χ0) is 34.6. The van der Waals surface area contributed by atoms with Gasteiger partial charge >= 0.3 is 0 Å². The maximum absolute atomic E-state index is 16.2. The fourth-order valence-corrected chi connectivity index (χ4v) is 7.87. The van der Waals surface area contributed by atoms with E-state index in [9.17, 15) is 9.18 Å². The summed E-state index contributed by atoms with van der Waals surface area (Å²) in [6.45, 7) is 11.4. The highest BCUT2D eigenvalue weighted by atomic mass is 32.1. The topological polar surface area (TPSA) is 85.6 Å². The summed E-state index contributed by atoms with van der Waals surface area (Å²) in [5, 5.41) is 7.79. The van der Waals surface area contributed by atoms with Crippen LogP contribution in [0, 0.1) is 11.6 Å². The molecule has 0 unspecified atom stereocenters. The van der Waals surface area contributed by atoms with Gasteiger partial charge in [0.2, 0.25) is 5.91 Å². The van der Waals surface area contributed by atoms with E-state index in [4.69, 9.17) is 24.5 Å². The van der Waals surface area contributed by atoms with Gasteiger partial charge in [0.05, 0.1) is 35.6 Å². The minimum Gasteiger partial charge on any atom is -0.490 e. The predicted molar refractivity (Wildman–Crippen MR) is 186 cm³/mol. The first kappa shape index (κ1) is 33.0. The third kappa shape index (κ3) is 5.81. The molecule has 4 aromatic heterocycles. The Bertz CT molecular complexity index is 2090. The number of thiophene rings is 1. The van der Waals surface area contributed by atoms with Crippen LogP contribution in [0.3, 0.4) is 0 Å². The van der Waals surface area contributed by atoms with Gasteiger partial charge in [-0.25, -0.2) is 13.8 Å². The summed E-state index contributed by atoms with van der Waals surface area (Å²) >= 11 is 1.44. The molecule has 12 heteroatoms. The van der Waals surface area contributed by atoms with Gasteiger partial charge in [-0.15, -0.1) is 11.3 Å². The summed E-state index contributed by atoms with van der Waals surface area (Å²) in [5.41, 5.74) is 6.00. The fourth-order valence-electron chi connectivity index (χ4n) is 6.92. The molecule has 254 valence electrons. The average Bonchev–Trinajstić information content (AvgIpc) is 3.75. The highest BCUT2D eigenvalue weighted by molar-refractivity contribution is 7.18. The molecule has 6 heterocycles. The van der Waals surface area contributed by atoms with Gasteiger partial charge in [0, 0.05) is 77.9 Å². The van der Waals surface area contributed by atoms with Crippen LogP contribution in [0.2, 0.25) is 0 Å². The zero-order valence-corrected chi connectivity index (χ0v) is 29.0. The van der Waals surface area contributed by atoms with Crippen LogP contribution in [-0.2, 0) is 22.5 Å². The van der Waals surface area contributed by atoms with Crippen LogP contribution < -0.4 is 4.74 Å². The van der Waals surface area contributed by atoms with Crippen LogP contribution >= 0.6 is 11.3 Å². The molecule has 1 amide bonds. The number of halogens is 2. The summed E-state index contributed by atoms with van der Waals surface area (Å²) in [6, 6.07) is 8.03. The van der Waals surface area contributed by atoms with Crippen molar-refractivity contribution < 1.29 is 23.0 Å². The Kier molecular flexibility index (Phi) is 8.80. The molecule has 2 aliphatic heterocycles. The van der Waals surface area contributed by atoms with Gasteiger partial charge in [-0.3, -0.25) is 19.4 Å². The average molecular weight is 685 g/mol. The Morgan fingerprint density at radius 1 is 1.10 bits per heavy atom. The van der Waals surface area contributed by atoms with Gasteiger partial charge < -0.3 is 14.4 Å². The van der Waals surface area contributed by atoms with Crippen molar-refractivity contribution in [2.24, 2.45) is 0 Å². The molecule has 9 nitrogen and oxygen atoms in total. The van der Waals surface area contributed by atoms with Crippen molar-refractivity contribution in [3.63, 3.8) is 0 Å². The molecule has 2 aliphatic rings. The molecule has 7 rings (SSSR count). The van der Waals surface area contributed by atoms with Gasteiger partial charge in [-0.05, 0) is 63.0 Å². The largest absolute Gasteiger partial charge is 0.490 e. The van der Waals surface area contributed by atoms with Gasteiger partial charge in [0.25, 0.3) is 0 Å². The van der Waals surface area contributed by atoms with Crippen molar-refractivity contribution in [3.8, 4) is 39.5 Å². The van der Waals surface area contributed by atoms with Crippen molar-refractivity contribution in [3.05, 3.63) is 83.1 Å². The second kappa shape index (κ2) is 13.1. The van der Waals surface area contributed by atoms with E-state index >= 15 is 4.39 Å². The number of hydrogen-bond acceptors (Lipinski definition) is 8. The number of fused-ring (bicyclic) bond motifs is 3. The van der Waals surface area contributed by atoms with Crippen molar-refractivity contribution in [2.45, 2.75) is 51.9 Å². The monoisotopic (exact) mass is 684 g/mol. The predicted octanol–water partition coefficient (Wildman–Crippen LogP) is 7.22. The Hall–Kier alpha value is -4.52. The van der Waals surface area contributed by atoms with E-state index < -0.39 is 11.6 Å². The molecule has 1 aromatic carbocycles. The minimum absolute atomic E-state index is 0.0427. The van der Waals surface area contributed by atoms with Gasteiger partial charge in [-0.2, -0.15) is 5.10 Å². The Balaban J connectivity index is 1.49. The second-order valence-electron chi connectivity index (χ2n) is 12.9. The second-order valence-corrected chi connectivity index (χ2v) is 13.8. The Morgan fingerprint density at radius 3 is 2.69 bits per heavy atom. The van der Waals surface area contributed by atoms with Gasteiger partial charge in [0.15, 0.2) is 0 Å². The summed E-state index contributed by atoms with van der Waals surface area (Å²) < 4.78 is 44.7. The number of aromatic nitrogens is 4. The third-order valence-corrected chi connectivity index (χ3v) is 10.6. The number of carbonyl (C=O) groups is 1. The molecule has 0 fully saturated rings. The number of rotatable bonds is 8. The Labute approximate surface area is 287 Å². The lowest BCUT2D eigenvalue weighted by atomic mass is 9.95. The number of nitrogens with zero attached hydrogens (tertiary/aromatic N) is 6. The summed E-state index contributed by atoms with van der Waals surface area (Å²) in [5.74, 6) is -1.66. The highest BCUT2D eigenvalue weighted by Crippen LogP contribution is 2.48. The van der Waals surface area contributed by atoms with Crippen LogP contribution in [0.1, 0.15) is 49.8 Å². The SMILES string of the molecule is C=CC(=O)N1C[C@H](C)n2nc(-c3nc(-c4cnc5c(c4)CN(C)[C@@H](C)C5)c4ccsc4c3-c3c(F)cc(F)cc3OCCOC)cc2[C@H]1C. The smallest absolute Gasteiger partial charge is 0.246 e. The van der Waals surface area contributed by atoms with Gasteiger partial charge in [0.1, 0.15) is 35.4 Å². The molecule has 0 spiro atoms. The van der Waals surface area contributed by atoms with E-state index in [1.165, 1.54) is 30.6 Å². The number of likely N-dealkylation sites (N-methyl/N-ethyl adjacent to an activating group) is 1. The number of methoxy groups -OCH3 is 1. The van der Waals surface area contributed by atoms with Crippen LogP contribution in [0.15, 0.2) is 54.6 Å². The van der Waals surface area contributed by atoms with Crippen LogP contribution in [-0.4, -0.2) is 75.4 Å². The molecule has 0 bridgehead atoms. The van der Waals surface area contributed by atoms with E-state index in [0.717, 1.165) is 51.6 Å². The molecule has 3 atom stereocenters. The van der Waals surface area contributed by atoms with Crippen LogP contribution in [0.5, 0.6) is 5.75 Å². The normalized spacial score (nSPS) is 19.2. The van der Waals surface area contributed by atoms with E-state index in [2.05, 4.69) is 31.5 Å². The first-order valence-electron chi connectivity index (χ1n) is 16.3. The molecular weight excluding hydrogens is 647 g/mol. The highest BCUT2D eigenvalue weighted by Gasteiger charge is 2.34. The quantitative estimate of drug-likeness (QED) is 0.126. The van der Waals surface area contributed by atoms with E-state index in [1.807, 2.05) is 42.2 Å². The van der Waals surface area contributed by atoms with Crippen molar-refractivity contribution in [2.75, 3.05) is 33.9 Å². The maximum atomic E-state index is 16.2. The molecule has 5 aromatic rings. The van der Waals surface area contributed by atoms with Gasteiger partial charge in [-0.1, -0.05) is 6.58 Å². The van der Waals surface area contributed by atoms with Crippen LogP contribution in [0.4, 0.5) is 8.78 Å². The third-order valence-electron chi connectivity index (χ3n) is 9.65. The molecule has 0 N–H and O–H groups in total. The summed E-state index contributed by atoms with van der Waals surface area (Å²) in [7, 11) is 3.64.